The summed E-state index contributed by atoms with van der Waals surface area (Å²) in [6, 6.07) is 15.7. The topological polar surface area (TPSA) is 98.0 Å². The summed E-state index contributed by atoms with van der Waals surface area (Å²) in [7, 11) is -3.70. The number of halogens is 1. The van der Waals surface area contributed by atoms with E-state index in [1.807, 2.05) is 30.3 Å². The molecule has 0 bridgehead atoms. The van der Waals surface area contributed by atoms with Crippen LogP contribution in [0.15, 0.2) is 70.2 Å². The van der Waals surface area contributed by atoms with E-state index in [1.54, 1.807) is 18.3 Å². The Bertz CT molecular complexity index is 958. The maximum atomic E-state index is 11.3. The Labute approximate surface area is 148 Å². The number of nitrogens with one attached hydrogen (secondary N) is 1. The van der Waals surface area contributed by atoms with Crippen molar-refractivity contribution in [2.75, 3.05) is 5.32 Å². The van der Waals surface area contributed by atoms with Crippen molar-refractivity contribution < 1.29 is 8.42 Å². The minimum Gasteiger partial charge on any atom is -0.324 e. The van der Waals surface area contributed by atoms with Gasteiger partial charge in [0.1, 0.15) is 0 Å². The van der Waals surface area contributed by atoms with Gasteiger partial charge < -0.3 is 5.32 Å². The highest BCUT2D eigenvalue weighted by molar-refractivity contribution is 9.10. The van der Waals surface area contributed by atoms with Crippen LogP contribution < -0.4 is 10.5 Å². The van der Waals surface area contributed by atoms with Crippen LogP contribution in [-0.4, -0.2) is 18.4 Å². The molecule has 0 radical (unpaired) electrons. The highest BCUT2D eigenvalue weighted by Gasteiger charge is 2.07. The lowest BCUT2D eigenvalue weighted by molar-refractivity contribution is 0.598. The molecule has 6 nitrogen and oxygen atoms in total. The molecule has 0 atom stereocenters. The van der Waals surface area contributed by atoms with E-state index in [0.717, 1.165) is 15.7 Å². The largest absolute Gasteiger partial charge is 0.324 e. The monoisotopic (exact) mass is 404 g/mol. The van der Waals surface area contributed by atoms with Crippen LogP contribution in [0.25, 0.3) is 11.3 Å². The van der Waals surface area contributed by atoms with Gasteiger partial charge in [0.25, 0.3) is 0 Å². The van der Waals surface area contributed by atoms with Gasteiger partial charge in [-0.2, -0.15) is 0 Å². The number of nitrogens with zero attached hydrogens (tertiary/aromatic N) is 2. The SMILES string of the molecule is NS(=O)(=O)c1ccc(Nc2nccc(-c3ccc(Br)cc3)n2)cc1. The van der Waals surface area contributed by atoms with Crippen LogP contribution in [-0.2, 0) is 10.0 Å². The molecule has 8 heteroatoms. The predicted octanol–water partition coefficient (Wildman–Crippen LogP) is 3.30. The maximum Gasteiger partial charge on any atom is 0.238 e. The normalized spacial score (nSPS) is 11.2. The summed E-state index contributed by atoms with van der Waals surface area (Å²) in [5, 5.41) is 8.12. The van der Waals surface area contributed by atoms with E-state index in [9.17, 15) is 8.42 Å². The van der Waals surface area contributed by atoms with E-state index in [2.05, 4.69) is 31.2 Å². The van der Waals surface area contributed by atoms with E-state index in [4.69, 9.17) is 5.14 Å². The molecule has 1 aromatic heterocycles. The van der Waals surface area contributed by atoms with Crippen molar-refractivity contribution >= 4 is 37.6 Å². The number of aromatic nitrogens is 2. The van der Waals surface area contributed by atoms with Crippen LogP contribution in [0.5, 0.6) is 0 Å². The maximum absolute atomic E-state index is 11.3. The summed E-state index contributed by atoms with van der Waals surface area (Å²) in [6.07, 6.45) is 1.66. The van der Waals surface area contributed by atoms with Gasteiger partial charge in [0.2, 0.25) is 16.0 Å². The fraction of sp³-hybridized carbons (Fsp3) is 0. The highest BCUT2D eigenvalue weighted by Crippen LogP contribution is 2.22. The quantitative estimate of drug-likeness (QED) is 0.694. The Morgan fingerprint density at radius 1 is 0.958 bits per heavy atom. The number of anilines is 2. The highest BCUT2D eigenvalue weighted by atomic mass is 79.9. The lowest BCUT2D eigenvalue weighted by Crippen LogP contribution is -2.11. The van der Waals surface area contributed by atoms with Crippen molar-refractivity contribution in [2.24, 2.45) is 5.14 Å². The van der Waals surface area contributed by atoms with Gasteiger partial charge in [-0.3, -0.25) is 0 Å². The Kier molecular flexibility index (Phi) is 4.61. The first-order valence-corrected chi connectivity index (χ1v) is 9.25. The van der Waals surface area contributed by atoms with Crippen LogP contribution in [0.2, 0.25) is 0 Å². The van der Waals surface area contributed by atoms with Crippen LogP contribution in [0.4, 0.5) is 11.6 Å². The molecule has 0 spiro atoms. The number of nitrogens with two attached hydrogens (primary N) is 1. The number of rotatable bonds is 4. The summed E-state index contributed by atoms with van der Waals surface area (Å²) < 4.78 is 23.5. The summed E-state index contributed by atoms with van der Waals surface area (Å²) in [5.74, 6) is 0.416. The van der Waals surface area contributed by atoms with Gasteiger partial charge in [-0.1, -0.05) is 28.1 Å². The molecule has 3 rings (SSSR count). The molecule has 0 amide bonds. The molecule has 3 N–H and O–H groups in total. The lowest BCUT2D eigenvalue weighted by Gasteiger charge is -2.07. The van der Waals surface area contributed by atoms with Gasteiger partial charge in [-0.05, 0) is 42.5 Å². The average molecular weight is 405 g/mol. The second-order valence-corrected chi connectivity index (χ2v) is 7.44. The van der Waals surface area contributed by atoms with E-state index >= 15 is 0 Å². The predicted molar refractivity (Wildman–Crippen MR) is 96.3 cm³/mol. The van der Waals surface area contributed by atoms with Gasteiger partial charge >= 0.3 is 0 Å². The third-order valence-corrected chi connectivity index (χ3v) is 4.69. The molecule has 0 fully saturated rings. The molecular weight excluding hydrogens is 392 g/mol. The molecule has 0 unspecified atom stereocenters. The molecule has 0 saturated heterocycles. The fourth-order valence-electron chi connectivity index (χ4n) is 2.06. The third-order valence-electron chi connectivity index (χ3n) is 3.23. The van der Waals surface area contributed by atoms with Gasteiger partial charge in [-0.25, -0.2) is 23.5 Å². The Morgan fingerprint density at radius 2 is 1.62 bits per heavy atom. The molecule has 1 heterocycles. The zero-order chi connectivity index (χ0) is 17.2. The van der Waals surface area contributed by atoms with Gasteiger partial charge in [0.05, 0.1) is 10.6 Å². The van der Waals surface area contributed by atoms with Gasteiger partial charge in [0, 0.05) is 21.9 Å². The molecule has 2 aromatic carbocycles. The van der Waals surface area contributed by atoms with Crippen molar-refractivity contribution in [3.05, 3.63) is 65.3 Å². The molecular formula is C16H13BrN4O2S. The zero-order valence-electron chi connectivity index (χ0n) is 12.3. The summed E-state index contributed by atoms with van der Waals surface area (Å²) >= 11 is 3.40. The first-order valence-electron chi connectivity index (χ1n) is 6.91. The van der Waals surface area contributed by atoms with E-state index < -0.39 is 10.0 Å². The number of sulfonamides is 1. The van der Waals surface area contributed by atoms with Crippen molar-refractivity contribution in [1.82, 2.24) is 9.97 Å². The van der Waals surface area contributed by atoms with Crippen molar-refractivity contribution in [3.63, 3.8) is 0 Å². The summed E-state index contributed by atoms with van der Waals surface area (Å²) in [6.45, 7) is 0. The molecule has 3 aromatic rings. The van der Waals surface area contributed by atoms with Crippen LogP contribution in [0, 0.1) is 0 Å². The van der Waals surface area contributed by atoms with Crippen molar-refractivity contribution in [1.29, 1.82) is 0 Å². The standard InChI is InChI=1S/C16H13BrN4O2S/c17-12-3-1-11(2-4-12)15-9-10-19-16(21-15)20-13-5-7-14(8-6-13)24(18,22)23/h1-10H,(H2,18,22,23)(H,19,20,21). The Morgan fingerprint density at radius 3 is 2.25 bits per heavy atom. The van der Waals surface area contributed by atoms with Crippen molar-refractivity contribution in [3.8, 4) is 11.3 Å². The minimum atomic E-state index is -3.70. The second kappa shape index (κ2) is 6.68. The summed E-state index contributed by atoms with van der Waals surface area (Å²) in [5.41, 5.74) is 2.41. The zero-order valence-corrected chi connectivity index (χ0v) is 14.8. The molecule has 122 valence electrons. The minimum absolute atomic E-state index is 0.0533. The van der Waals surface area contributed by atoms with E-state index in [1.165, 1.54) is 12.1 Å². The Balaban J connectivity index is 1.83. The molecule has 24 heavy (non-hydrogen) atoms. The summed E-state index contributed by atoms with van der Waals surface area (Å²) in [4.78, 5) is 8.69. The molecule has 0 aliphatic rings. The molecule has 0 aliphatic heterocycles. The first-order chi connectivity index (χ1) is 11.4. The van der Waals surface area contributed by atoms with Crippen LogP contribution >= 0.6 is 15.9 Å². The van der Waals surface area contributed by atoms with E-state index in [0.29, 0.717) is 11.6 Å². The van der Waals surface area contributed by atoms with Crippen molar-refractivity contribution in [2.45, 2.75) is 4.90 Å². The van der Waals surface area contributed by atoms with Crippen LogP contribution in [0.3, 0.4) is 0 Å². The van der Waals surface area contributed by atoms with Gasteiger partial charge in [-0.15, -0.1) is 0 Å². The van der Waals surface area contributed by atoms with E-state index in [-0.39, 0.29) is 4.90 Å². The molecule has 0 saturated carbocycles. The number of primary sulfonamides is 1. The fourth-order valence-corrected chi connectivity index (χ4v) is 2.84. The lowest BCUT2D eigenvalue weighted by atomic mass is 10.1. The number of hydrogen-bond donors (Lipinski definition) is 2. The number of hydrogen-bond acceptors (Lipinski definition) is 5. The number of benzene rings is 2. The Hall–Kier alpha value is -2.29. The smallest absolute Gasteiger partial charge is 0.238 e. The van der Waals surface area contributed by atoms with Crippen LogP contribution in [0.1, 0.15) is 0 Å². The van der Waals surface area contributed by atoms with Gasteiger partial charge in [0.15, 0.2) is 0 Å². The third kappa shape index (κ3) is 3.97. The second-order valence-electron chi connectivity index (χ2n) is 4.97. The molecule has 0 aliphatic carbocycles. The average Bonchev–Trinajstić information content (AvgIpc) is 2.55. The first kappa shape index (κ1) is 16.6.